The number of morpholine rings is 1. The number of sulfonamides is 2. The number of amides is 2. The zero-order valence-electron chi connectivity index (χ0n) is 15.9. The van der Waals surface area contributed by atoms with Crippen molar-refractivity contribution in [3.8, 4) is 0 Å². The Labute approximate surface area is 170 Å². The number of carbonyl (C=O) groups excluding carboxylic acids is 1. The van der Waals surface area contributed by atoms with E-state index in [1.807, 2.05) is 0 Å². The van der Waals surface area contributed by atoms with Gasteiger partial charge in [-0.1, -0.05) is 0 Å². The SMILES string of the molecule is O=C(NCCS(=O)(=O)N1CCOCC1)N1CCN(S(=O)(=O)c2cccnc2)CC1. The van der Waals surface area contributed by atoms with E-state index in [-0.39, 0.29) is 43.4 Å². The quantitative estimate of drug-likeness (QED) is 0.577. The molecule has 29 heavy (non-hydrogen) atoms. The van der Waals surface area contributed by atoms with Crippen molar-refractivity contribution in [2.75, 3.05) is 64.8 Å². The van der Waals surface area contributed by atoms with Crippen LogP contribution in [0.5, 0.6) is 0 Å². The van der Waals surface area contributed by atoms with E-state index in [1.165, 1.54) is 32.0 Å². The van der Waals surface area contributed by atoms with Crippen LogP contribution >= 0.6 is 0 Å². The molecule has 2 amide bonds. The summed E-state index contributed by atoms with van der Waals surface area (Å²) in [5, 5.41) is 2.60. The summed E-state index contributed by atoms with van der Waals surface area (Å²) in [5.74, 6) is -0.186. The van der Waals surface area contributed by atoms with Crippen molar-refractivity contribution < 1.29 is 26.4 Å². The van der Waals surface area contributed by atoms with Crippen LogP contribution in [0.25, 0.3) is 0 Å². The molecule has 0 saturated carbocycles. The summed E-state index contributed by atoms with van der Waals surface area (Å²) >= 11 is 0. The Hall–Kier alpha value is -1.80. The molecule has 2 saturated heterocycles. The number of hydrogen-bond acceptors (Lipinski definition) is 7. The van der Waals surface area contributed by atoms with E-state index in [2.05, 4.69) is 10.3 Å². The highest BCUT2D eigenvalue weighted by atomic mass is 32.2. The van der Waals surface area contributed by atoms with Crippen LogP contribution in [-0.2, 0) is 24.8 Å². The van der Waals surface area contributed by atoms with Gasteiger partial charge in [0.25, 0.3) is 0 Å². The lowest BCUT2D eigenvalue weighted by molar-refractivity contribution is 0.0730. The second-order valence-corrected chi connectivity index (χ2v) is 10.7. The van der Waals surface area contributed by atoms with Gasteiger partial charge in [0, 0.05) is 58.2 Å². The van der Waals surface area contributed by atoms with Crippen LogP contribution in [0.3, 0.4) is 0 Å². The second-order valence-electron chi connectivity index (χ2n) is 6.64. The number of piperazine rings is 1. The first-order chi connectivity index (χ1) is 13.8. The topological polar surface area (TPSA) is 129 Å². The van der Waals surface area contributed by atoms with E-state index in [0.29, 0.717) is 26.3 Å². The van der Waals surface area contributed by atoms with Gasteiger partial charge in [0.1, 0.15) is 4.90 Å². The minimum Gasteiger partial charge on any atom is -0.379 e. The van der Waals surface area contributed by atoms with Gasteiger partial charge < -0.3 is 15.0 Å². The van der Waals surface area contributed by atoms with Gasteiger partial charge in [-0.25, -0.2) is 21.6 Å². The average molecular weight is 448 g/mol. The fourth-order valence-electron chi connectivity index (χ4n) is 3.13. The second kappa shape index (κ2) is 9.34. The largest absolute Gasteiger partial charge is 0.379 e. The summed E-state index contributed by atoms with van der Waals surface area (Å²) in [6.07, 6.45) is 2.80. The number of carbonyl (C=O) groups is 1. The monoisotopic (exact) mass is 447 g/mol. The maximum absolute atomic E-state index is 12.6. The van der Waals surface area contributed by atoms with E-state index in [0.717, 1.165) is 0 Å². The van der Waals surface area contributed by atoms with Crippen molar-refractivity contribution in [3.05, 3.63) is 24.5 Å². The molecule has 0 bridgehead atoms. The number of ether oxygens (including phenoxy) is 1. The molecule has 0 unspecified atom stereocenters. The first kappa shape index (κ1) is 21.9. The number of nitrogens with one attached hydrogen (secondary N) is 1. The number of rotatable bonds is 6. The molecule has 2 aliphatic rings. The Morgan fingerprint density at radius 1 is 1.03 bits per heavy atom. The lowest BCUT2D eigenvalue weighted by atomic mass is 10.4. The van der Waals surface area contributed by atoms with Gasteiger partial charge in [0.15, 0.2) is 0 Å². The van der Waals surface area contributed by atoms with Crippen molar-refractivity contribution in [1.82, 2.24) is 23.8 Å². The Morgan fingerprint density at radius 3 is 2.34 bits per heavy atom. The van der Waals surface area contributed by atoms with Crippen molar-refractivity contribution in [2.45, 2.75) is 4.90 Å². The van der Waals surface area contributed by atoms with Crippen LogP contribution in [0.1, 0.15) is 0 Å². The summed E-state index contributed by atoms with van der Waals surface area (Å²) in [6.45, 7) is 2.16. The van der Waals surface area contributed by atoms with Crippen molar-refractivity contribution in [2.24, 2.45) is 0 Å². The minimum absolute atomic E-state index is 0.00722. The minimum atomic E-state index is -3.64. The van der Waals surface area contributed by atoms with E-state index in [9.17, 15) is 21.6 Å². The fraction of sp³-hybridized carbons (Fsp3) is 0.625. The molecule has 3 rings (SSSR count). The molecule has 11 nitrogen and oxygen atoms in total. The molecule has 0 radical (unpaired) electrons. The van der Waals surface area contributed by atoms with Gasteiger partial charge in [-0.2, -0.15) is 8.61 Å². The first-order valence-corrected chi connectivity index (χ1v) is 12.3. The number of nitrogens with zero attached hydrogens (tertiary/aromatic N) is 4. The third-order valence-corrected chi connectivity index (χ3v) is 8.55. The predicted octanol–water partition coefficient (Wildman–Crippen LogP) is -1.24. The lowest BCUT2D eigenvalue weighted by Gasteiger charge is -2.34. The van der Waals surface area contributed by atoms with Crippen LogP contribution in [0.2, 0.25) is 0 Å². The number of pyridine rings is 1. The maximum Gasteiger partial charge on any atom is 0.317 e. The molecule has 2 aliphatic heterocycles. The number of urea groups is 1. The first-order valence-electron chi connectivity index (χ1n) is 9.29. The average Bonchev–Trinajstić information content (AvgIpc) is 2.75. The van der Waals surface area contributed by atoms with Crippen molar-refractivity contribution in [1.29, 1.82) is 0 Å². The molecule has 0 aliphatic carbocycles. The molecule has 0 aromatic carbocycles. The summed E-state index contributed by atoms with van der Waals surface area (Å²) in [5.41, 5.74) is 0. The van der Waals surface area contributed by atoms with Gasteiger partial charge in [-0.05, 0) is 12.1 Å². The summed E-state index contributed by atoms with van der Waals surface area (Å²) < 4.78 is 57.5. The van der Waals surface area contributed by atoms with Gasteiger partial charge in [-0.15, -0.1) is 0 Å². The normalized spacial score (nSPS) is 19.8. The summed E-state index contributed by atoms with van der Waals surface area (Å²) in [6, 6.07) is 2.64. The Bertz CT molecular complexity index is 895. The van der Waals surface area contributed by atoms with E-state index < -0.39 is 26.1 Å². The molecule has 0 spiro atoms. The molecular weight excluding hydrogens is 422 g/mol. The van der Waals surface area contributed by atoms with Gasteiger partial charge >= 0.3 is 6.03 Å². The van der Waals surface area contributed by atoms with Gasteiger partial charge in [-0.3, -0.25) is 4.98 Å². The Kier molecular flexibility index (Phi) is 7.05. The molecule has 162 valence electrons. The highest BCUT2D eigenvalue weighted by Gasteiger charge is 2.30. The highest BCUT2D eigenvalue weighted by molar-refractivity contribution is 7.89. The van der Waals surface area contributed by atoms with Crippen molar-refractivity contribution in [3.63, 3.8) is 0 Å². The van der Waals surface area contributed by atoms with Gasteiger partial charge in [0.2, 0.25) is 20.0 Å². The van der Waals surface area contributed by atoms with Crippen LogP contribution in [0.4, 0.5) is 4.79 Å². The molecule has 3 heterocycles. The standard InChI is InChI=1S/C16H25N5O6S2/c22-16(18-4-13-28(23,24)20-9-11-27-12-10-20)19-5-7-21(8-6-19)29(25,26)15-2-1-3-17-14-15/h1-3,14H,4-13H2,(H,18,22). The number of hydrogen-bond donors (Lipinski definition) is 1. The van der Waals surface area contributed by atoms with E-state index in [4.69, 9.17) is 4.74 Å². The van der Waals surface area contributed by atoms with Crippen molar-refractivity contribution >= 4 is 26.1 Å². The molecule has 2 fully saturated rings. The van der Waals surface area contributed by atoms with Crippen LogP contribution in [0.15, 0.2) is 29.4 Å². The Balaban J connectivity index is 1.45. The summed E-state index contributed by atoms with van der Waals surface area (Å²) in [7, 11) is -7.08. The lowest BCUT2D eigenvalue weighted by Crippen LogP contribution is -2.53. The molecule has 1 N–H and O–H groups in total. The third kappa shape index (κ3) is 5.42. The van der Waals surface area contributed by atoms with Crippen LogP contribution in [0, 0.1) is 0 Å². The molecule has 1 aromatic heterocycles. The molecule has 0 atom stereocenters. The zero-order valence-corrected chi connectivity index (χ0v) is 17.6. The van der Waals surface area contributed by atoms with E-state index >= 15 is 0 Å². The smallest absolute Gasteiger partial charge is 0.317 e. The van der Waals surface area contributed by atoms with E-state index in [1.54, 1.807) is 6.07 Å². The van der Waals surface area contributed by atoms with Crippen LogP contribution in [-0.4, -0.2) is 106 Å². The third-order valence-electron chi connectivity index (χ3n) is 4.80. The zero-order chi connectivity index (χ0) is 20.9. The molecule has 1 aromatic rings. The van der Waals surface area contributed by atoms with Gasteiger partial charge in [0.05, 0.1) is 19.0 Å². The van der Waals surface area contributed by atoms with Crippen LogP contribution < -0.4 is 5.32 Å². The predicted molar refractivity (Wildman–Crippen MR) is 104 cm³/mol. The molecule has 13 heteroatoms. The Morgan fingerprint density at radius 2 is 1.72 bits per heavy atom. The fourth-order valence-corrected chi connectivity index (χ4v) is 5.84. The number of aromatic nitrogens is 1. The molecular formula is C16H25N5O6S2. The maximum atomic E-state index is 12.6. The summed E-state index contributed by atoms with van der Waals surface area (Å²) in [4.78, 5) is 17.7. The highest BCUT2D eigenvalue weighted by Crippen LogP contribution is 2.16.